The Labute approximate surface area is 140 Å². The third-order valence-corrected chi connectivity index (χ3v) is 6.00. The molecule has 23 heavy (non-hydrogen) atoms. The van der Waals surface area contributed by atoms with E-state index in [2.05, 4.69) is 14.9 Å². The second-order valence-corrected chi connectivity index (χ2v) is 8.15. The molecule has 3 rings (SSSR count). The summed E-state index contributed by atoms with van der Waals surface area (Å²) in [4.78, 5) is 11.0. The van der Waals surface area contributed by atoms with E-state index in [-0.39, 0.29) is 0 Å². The predicted octanol–water partition coefficient (Wildman–Crippen LogP) is 2.88. The SMILES string of the molecule is CCS(=O)CCN(CC1CCCCC1)c1ccnc2nccn12. The van der Waals surface area contributed by atoms with Gasteiger partial charge in [-0.2, -0.15) is 0 Å². The molecule has 1 aliphatic carbocycles. The molecule has 2 aromatic heterocycles. The van der Waals surface area contributed by atoms with Gasteiger partial charge in [0, 0.05) is 54.0 Å². The molecule has 0 radical (unpaired) electrons. The van der Waals surface area contributed by atoms with Crippen molar-refractivity contribution in [2.24, 2.45) is 5.92 Å². The van der Waals surface area contributed by atoms with E-state index in [1.165, 1.54) is 32.1 Å². The molecular formula is C17H26N4OS. The summed E-state index contributed by atoms with van der Waals surface area (Å²) in [5.41, 5.74) is 0. The van der Waals surface area contributed by atoms with Crippen LogP contribution in [0.3, 0.4) is 0 Å². The Morgan fingerprint density at radius 2 is 2.04 bits per heavy atom. The summed E-state index contributed by atoms with van der Waals surface area (Å²) in [6.45, 7) is 3.86. The van der Waals surface area contributed by atoms with Gasteiger partial charge in [0.2, 0.25) is 5.78 Å². The zero-order valence-electron chi connectivity index (χ0n) is 13.9. The molecule has 5 nitrogen and oxygen atoms in total. The highest BCUT2D eigenvalue weighted by atomic mass is 32.2. The van der Waals surface area contributed by atoms with Gasteiger partial charge in [0.25, 0.3) is 0 Å². The van der Waals surface area contributed by atoms with Crippen molar-refractivity contribution in [2.45, 2.75) is 39.0 Å². The Kier molecular flexibility index (Phi) is 5.65. The average molecular weight is 334 g/mol. The summed E-state index contributed by atoms with van der Waals surface area (Å²) in [6.07, 6.45) is 12.3. The smallest absolute Gasteiger partial charge is 0.235 e. The largest absolute Gasteiger partial charge is 0.356 e. The molecule has 2 heterocycles. The van der Waals surface area contributed by atoms with Gasteiger partial charge in [-0.1, -0.05) is 26.2 Å². The minimum atomic E-state index is -0.734. The fraction of sp³-hybridized carbons (Fsp3) is 0.647. The van der Waals surface area contributed by atoms with Crippen molar-refractivity contribution in [1.29, 1.82) is 0 Å². The van der Waals surface area contributed by atoms with Crippen molar-refractivity contribution in [3.63, 3.8) is 0 Å². The number of anilines is 1. The summed E-state index contributed by atoms with van der Waals surface area (Å²) in [5.74, 6) is 4.04. The van der Waals surface area contributed by atoms with E-state index < -0.39 is 10.8 Å². The monoisotopic (exact) mass is 334 g/mol. The van der Waals surface area contributed by atoms with E-state index in [9.17, 15) is 4.21 Å². The Balaban J connectivity index is 1.81. The lowest BCUT2D eigenvalue weighted by Crippen LogP contribution is -2.35. The fourth-order valence-corrected chi connectivity index (χ4v) is 4.13. The van der Waals surface area contributed by atoms with Gasteiger partial charge in [-0.25, -0.2) is 9.97 Å². The Morgan fingerprint density at radius 3 is 2.83 bits per heavy atom. The summed E-state index contributed by atoms with van der Waals surface area (Å²) in [7, 11) is -0.734. The van der Waals surface area contributed by atoms with Crippen LogP contribution in [0.2, 0.25) is 0 Å². The van der Waals surface area contributed by atoms with Gasteiger partial charge in [0.05, 0.1) is 0 Å². The van der Waals surface area contributed by atoms with Crippen LogP contribution < -0.4 is 4.90 Å². The Morgan fingerprint density at radius 1 is 1.26 bits per heavy atom. The maximum absolute atomic E-state index is 11.9. The zero-order valence-corrected chi connectivity index (χ0v) is 14.7. The van der Waals surface area contributed by atoms with Crippen molar-refractivity contribution in [1.82, 2.24) is 14.4 Å². The molecular weight excluding hydrogens is 308 g/mol. The normalized spacial score (nSPS) is 17.4. The van der Waals surface area contributed by atoms with Crippen LogP contribution in [0.25, 0.3) is 5.78 Å². The molecule has 1 aliphatic rings. The quantitative estimate of drug-likeness (QED) is 0.781. The lowest BCUT2D eigenvalue weighted by Gasteiger charge is -2.31. The highest BCUT2D eigenvalue weighted by Gasteiger charge is 2.19. The van der Waals surface area contributed by atoms with E-state index in [1.54, 1.807) is 6.20 Å². The van der Waals surface area contributed by atoms with E-state index in [4.69, 9.17) is 0 Å². The van der Waals surface area contributed by atoms with Crippen LogP contribution in [-0.4, -0.2) is 43.2 Å². The number of imidazole rings is 1. The maximum atomic E-state index is 11.9. The molecule has 1 saturated carbocycles. The average Bonchev–Trinajstić information content (AvgIpc) is 3.08. The standard InChI is InChI=1S/C17H26N4OS/c1-2-23(22)13-12-20(14-15-6-4-3-5-7-15)16-8-9-18-17-19-10-11-21(16)17/h8-11,15H,2-7,12-14H2,1H3. The van der Waals surface area contributed by atoms with Crippen molar-refractivity contribution in [3.05, 3.63) is 24.7 Å². The van der Waals surface area contributed by atoms with Gasteiger partial charge in [-0.3, -0.25) is 8.61 Å². The fourth-order valence-electron chi connectivity index (χ4n) is 3.42. The van der Waals surface area contributed by atoms with Crippen LogP contribution in [0, 0.1) is 5.92 Å². The van der Waals surface area contributed by atoms with Gasteiger partial charge in [-0.05, 0) is 24.8 Å². The third-order valence-electron chi connectivity index (χ3n) is 4.72. The van der Waals surface area contributed by atoms with E-state index >= 15 is 0 Å². The Bertz CT molecular complexity index is 651. The molecule has 0 saturated heterocycles. The first-order chi connectivity index (χ1) is 11.3. The number of nitrogens with zero attached hydrogens (tertiary/aromatic N) is 4. The highest BCUT2D eigenvalue weighted by Crippen LogP contribution is 2.26. The van der Waals surface area contributed by atoms with Crippen LogP contribution in [0.1, 0.15) is 39.0 Å². The molecule has 6 heteroatoms. The van der Waals surface area contributed by atoms with E-state index in [1.807, 2.05) is 29.8 Å². The van der Waals surface area contributed by atoms with Crippen LogP contribution in [0.5, 0.6) is 0 Å². The molecule has 0 spiro atoms. The first-order valence-corrected chi connectivity index (χ1v) is 10.1. The van der Waals surface area contributed by atoms with Gasteiger partial charge < -0.3 is 4.90 Å². The van der Waals surface area contributed by atoms with Gasteiger partial charge in [-0.15, -0.1) is 0 Å². The minimum absolute atomic E-state index is 0.724. The molecule has 2 aromatic rings. The zero-order chi connectivity index (χ0) is 16.1. The maximum Gasteiger partial charge on any atom is 0.235 e. The molecule has 0 N–H and O–H groups in total. The van der Waals surface area contributed by atoms with Crippen molar-refractivity contribution in [3.8, 4) is 0 Å². The van der Waals surface area contributed by atoms with Crippen LogP contribution in [0.15, 0.2) is 24.7 Å². The van der Waals surface area contributed by atoms with Gasteiger partial charge >= 0.3 is 0 Å². The summed E-state index contributed by atoms with van der Waals surface area (Å²) >= 11 is 0. The van der Waals surface area contributed by atoms with E-state index in [0.717, 1.165) is 42.1 Å². The molecule has 0 bridgehead atoms. The van der Waals surface area contributed by atoms with Gasteiger partial charge in [0.15, 0.2) is 0 Å². The first kappa shape index (κ1) is 16.4. The topological polar surface area (TPSA) is 50.5 Å². The molecule has 0 aliphatic heterocycles. The molecule has 1 atom stereocenters. The summed E-state index contributed by atoms with van der Waals surface area (Å²) < 4.78 is 13.9. The number of fused-ring (bicyclic) bond motifs is 1. The Hall–Kier alpha value is -1.43. The third kappa shape index (κ3) is 4.10. The molecule has 1 unspecified atom stereocenters. The second kappa shape index (κ2) is 7.90. The van der Waals surface area contributed by atoms with Crippen molar-refractivity contribution >= 4 is 22.4 Å². The van der Waals surface area contributed by atoms with Crippen LogP contribution in [-0.2, 0) is 10.8 Å². The van der Waals surface area contributed by atoms with Gasteiger partial charge in [0.1, 0.15) is 5.82 Å². The van der Waals surface area contributed by atoms with Crippen LogP contribution >= 0.6 is 0 Å². The van der Waals surface area contributed by atoms with Crippen molar-refractivity contribution in [2.75, 3.05) is 29.5 Å². The lowest BCUT2D eigenvalue weighted by molar-refractivity contribution is 0.358. The molecule has 1 fully saturated rings. The highest BCUT2D eigenvalue weighted by molar-refractivity contribution is 7.84. The number of rotatable bonds is 7. The van der Waals surface area contributed by atoms with Crippen LogP contribution in [0.4, 0.5) is 5.82 Å². The molecule has 0 aromatic carbocycles. The number of aromatic nitrogens is 3. The summed E-state index contributed by atoms with van der Waals surface area (Å²) in [6, 6.07) is 2.05. The molecule has 0 amide bonds. The van der Waals surface area contributed by atoms with E-state index in [0.29, 0.717) is 0 Å². The summed E-state index contributed by atoms with van der Waals surface area (Å²) in [5, 5.41) is 0. The second-order valence-electron chi connectivity index (χ2n) is 6.28. The number of hydrogen-bond donors (Lipinski definition) is 0. The predicted molar refractivity (Wildman–Crippen MR) is 95.3 cm³/mol. The molecule has 126 valence electrons. The number of hydrogen-bond acceptors (Lipinski definition) is 4. The first-order valence-electron chi connectivity index (χ1n) is 8.66. The van der Waals surface area contributed by atoms with Crippen molar-refractivity contribution < 1.29 is 4.21 Å². The minimum Gasteiger partial charge on any atom is -0.356 e. The lowest BCUT2D eigenvalue weighted by atomic mass is 9.89.